The quantitative estimate of drug-likeness (QED) is 0.405. The molecule has 9 heteroatoms. The average molecular weight is 423 g/mol. The summed E-state index contributed by atoms with van der Waals surface area (Å²) in [6, 6.07) is -0.0121. The molecule has 3 N–H and O–H groups in total. The Balaban J connectivity index is 1.98. The van der Waals surface area contributed by atoms with Gasteiger partial charge in [-0.15, -0.1) is 11.3 Å². The lowest BCUT2D eigenvalue weighted by atomic mass is 10.1. The molecule has 1 aliphatic rings. The first-order chi connectivity index (χ1) is 13.4. The molecule has 0 bridgehead atoms. The summed E-state index contributed by atoms with van der Waals surface area (Å²) in [7, 11) is 0. The minimum atomic E-state index is -0.588. The molecule has 3 rings (SSSR count). The minimum absolute atomic E-state index is 0.00112. The third-order valence-electron chi connectivity index (χ3n) is 5.06. The molecule has 2 aromatic heterocycles. The highest BCUT2D eigenvalue weighted by atomic mass is 32.2. The van der Waals surface area contributed by atoms with Gasteiger partial charge >= 0.3 is 0 Å². The number of carbonyl (C=O) groups excluding carboxylic acids is 2. The Morgan fingerprint density at radius 2 is 2.07 bits per heavy atom. The van der Waals surface area contributed by atoms with E-state index >= 15 is 0 Å². The summed E-state index contributed by atoms with van der Waals surface area (Å²) in [5, 5.41) is 3.79. The third kappa shape index (κ3) is 4.41. The lowest BCUT2D eigenvalue weighted by molar-refractivity contribution is -0.123. The highest BCUT2D eigenvalue weighted by Crippen LogP contribution is 2.34. The summed E-state index contributed by atoms with van der Waals surface area (Å²) >= 11 is 2.84. The number of fused-ring (bicyclic) bond motifs is 3. The summed E-state index contributed by atoms with van der Waals surface area (Å²) in [6.45, 7) is 3.84. The van der Waals surface area contributed by atoms with E-state index in [1.54, 1.807) is 15.9 Å². The van der Waals surface area contributed by atoms with E-state index in [0.29, 0.717) is 5.16 Å². The number of hydrogen-bond acceptors (Lipinski definition) is 6. The van der Waals surface area contributed by atoms with Crippen molar-refractivity contribution in [1.29, 1.82) is 0 Å². The monoisotopic (exact) mass is 422 g/mol. The van der Waals surface area contributed by atoms with Crippen LogP contribution in [0.15, 0.2) is 9.95 Å². The van der Waals surface area contributed by atoms with Gasteiger partial charge in [0.15, 0.2) is 5.16 Å². The van der Waals surface area contributed by atoms with Crippen molar-refractivity contribution in [3.8, 4) is 0 Å². The van der Waals surface area contributed by atoms with Gasteiger partial charge < -0.3 is 11.1 Å². The fourth-order valence-corrected chi connectivity index (χ4v) is 5.65. The lowest BCUT2D eigenvalue weighted by Gasteiger charge is -2.17. The van der Waals surface area contributed by atoms with Crippen molar-refractivity contribution >= 4 is 45.1 Å². The van der Waals surface area contributed by atoms with Gasteiger partial charge in [0, 0.05) is 10.9 Å². The van der Waals surface area contributed by atoms with Crippen LogP contribution in [0.4, 0.5) is 0 Å². The number of nitrogens with two attached hydrogens (primary N) is 1. The SMILES string of the molecule is CC[C@H](C)n1c(SCC(=O)NCC(N)=O)nc2sc3c(c2c1=O)CCCCC3. The van der Waals surface area contributed by atoms with E-state index < -0.39 is 5.91 Å². The number of carbonyl (C=O) groups is 2. The number of hydrogen-bond donors (Lipinski definition) is 2. The molecule has 2 aromatic rings. The normalized spacial score (nSPS) is 15.1. The van der Waals surface area contributed by atoms with Crippen molar-refractivity contribution in [2.75, 3.05) is 12.3 Å². The molecular formula is C19H26N4O3S2. The van der Waals surface area contributed by atoms with Gasteiger partial charge in [0.2, 0.25) is 11.8 Å². The first kappa shape index (κ1) is 20.9. The zero-order chi connectivity index (χ0) is 20.3. The second kappa shape index (κ2) is 9.09. The average Bonchev–Trinajstić information content (AvgIpc) is 2.85. The van der Waals surface area contributed by atoms with E-state index in [4.69, 9.17) is 10.7 Å². The summed E-state index contributed by atoms with van der Waals surface area (Å²) in [4.78, 5) is 43.0. The number of thioether (sulfide) groups is 1. The summed E-state index contributed by atoms with van der Waals surface area (Å²) in [5.41, 5.74) is 6.24. The van der Waals surface area contributed by atoms with Crippen LogP contribution in [-0.2, 0) is 22.4 Å². The molecule has 0 saturated heterocycles. The maximum Gasteiger partial charge on any atom is 0.263 e. The molecule has 0 saturated carbocycles. The van der Waals surface area contributed by atoms with Crippen LogP contribution in [0.5, 0.6) is 0 Å². The molecule has 0 spiro atoms. The highest BCUT2D eigenvalue weighted by Gasteiger charge is 2.23. The van der Waals surface area contributed by atoms with Crippen LogP contribution < -0.4 is 16.6 Å². The van der Waals surface area contributed by atoms with Crippen molar-refractivity contribution in [2.45, 2.75) is 63.6 Å². The summed E-state index contributed by atoms with van der Waals surface area (Å²) in [5.74, 6) is -0.822. The standard InChI is InChI=1S/C19H26N4O3S2/c1-3-11(2)23-18(26)16-12-7-5-4-6-8-13(12)28-17(16)22-19(23)27-10-15(25)21-9-14(20)24/h11H,3-10H2,1-2H3,(H2,20,24)(H,21,25)/t11-/m0/s1. The van der Waals surface area contributed by atoms with Crippen molar-refractivity contribution in [2.24, 2.45) is 5.73 Å². The van der Waals surface area contributed by atoms with Gasteiger partial charge in [0.05, 0.1) is 17.7 Å². The number of aryl methyl sites for hydroxylation is 2. The van der Waals surface area contributed by atoms with E-state index in [1.807, 2.05) is 13.8 Å². The van der Waals surface area contributed by atoms with Crippen LogP contribution in [0.25, 0.3) is 10.2 Å². The molecule has 1 aliphatic carbocycles. The van der Waals surface area contributed by atoms with E-state index in [0.717, 1.165) is 42.3 Å². The smallest absolute Gasteiger partial charge is 0.263 e. The maximum absolute atomic E-state index is 13.4. The second-order valence-corrected chi connectivity index (χ2v) is 9.13. The van der Waals surface area contributed by atoms with E-state index in [9.17, 15) is 14.4 Å². The lowest BCUT2D eigenvalue weighted by Crippen LogP contribution is -2.34. The molecular weight excluding hydrogens is 396 g/mol. The Morgan fingerprint density at radius 3 is 2.79 bits per heavy atom. The van der Waals surface area contributed by atoms with Crippen LogP contribution in [-0.4, -0.2) is 33.7 Å². The number of nitrogens with zero attached hydrogens (tertiary/aromatic N) is 2. The van der Waals surface area contributed by atoms with E-state index in [1.165, 1.54) is 28.6 Å². The van der Waals surface area contributed by atoms with Crippen LogP contribution in [0, 0.1) is 0 Å². The first-order valence-corrected chi connectivity index (χ1v) is 11.5. The summed E-state index contributed by atoms with van der Waals surface area (Å²) < 4.78 is 1.73. The van der Waals surface area contributed by atoms with Gasteiger partial charge in [-0.3, -0.25) is 19.0 Å². The Morgan fingerprint density at radius 1 is 1.32 bits per heavy atom. The van der Waals surface area contributed by atoms with Crippen molar-refractivity contribution < 1.29 is 9.59 Å². The predicted octanol–water partition coefficient (Wildman–Crippen LogP) is 2.39. The topological polar surface area (TPSA) is 107 Å². The fraction of sp³-hybridized carbons (Fsp3) is 0.579. The van der Waals surface area contributed by atoms with Crippen LogP contribution in [0.2, 0.25) is 0 Å². The molecule has 0 aromatic carbocycles. The summed E-state index contributed by atoms with van der Waals surface area (Å²) in [6.07, 6.45) is 6.20. The minimum Gasteiger partial charge on any atom is -0.368 e. The molecule has 2 amide bonds. The zero-order valence-corrected chi connectivity index (χ0v) is 17.9. The number of nitrogens with one attached hydrogen (secondary N) is 1. The number of thiophene rings is 1. The van der Waals surface area contributed by atoms with E-state index in [-0.39, 0.29) is 29.8 Å². The van der Waals surface area contributed by atoms with Crippen LogP contribution >= 0.6 is 23.1 Å². The van der Waals surface area contributed by atoms with Gasteiger partial charge in [0.1, 0.15) is 4.83 Å². The number of primary amides is 1. The zero-order valence-electron chi connectivity index (χ0n) is 16.2. The Bertz CT molecular complexity index is 951. The Hall–Kier alpha value is -1.87. The fourth-order valence-electron chi connectivity index (χ4n) is 3.42. The Labute approximate surface area is 172 Å². The number of amides is 2. The molecule has 1 atom stereocenters. The molecule has 28 heavy (non-hydrogen) atoms. The largest absolute Gasteiger partial charge is 0.368 e. The van der Waals surface area contributed by atoms with Crippen molar-refractivity contribution in [3.63, 3.8) is 0 Å². The number of rotatable bonds is 7. The van der Waals surface area contributed by atoms with Gasteiger partial charge in [-0.1, -0.05) is 25.1 Å². The molecule has 0 unspecified atom stereocenters. The van der Waals surface area contributed by atoms with Crippen LogP contribution in [0.3, 0.4) is 0 Å². The molecule has 0 aliphatic heterocycles. The van der Waals surface area contributed by atoms with Crippen molar-refractivity contribution in [1.82, 2.24) is 14.9 Å². The van der Waals surface area contributed by atoms with Crippen molar-refractivity contribution in [3.05, 3.63) is 20.8 Å². The Kier molecular flexibility index (Phi) is 6.77. The van der Waals surface area contributed by atoms with Gasteiger partial charge in [-0.05, 0) is 44.6 Å². The predicted molar refractivity (Wildman–Crippen MR) is 113 cm³/mol. The van der Waals surface area contributed by atoms with Crippen LogP contribution in [0.1, 0.15) is 56.0 Å². The molecule has 7 nitrogen and oxygen atoms in total. The van der Waals surface area contributed by atoms with E-state index in [2.05, 4.69) is 5.32 Å². The maximum atomic E-state index is 13.4. The molecule has 0 radical (unpaired) electrons. The molecule has 152 valence electrons. The highest BCUT2D eigenvalue weighted by molar-refractivity contribution is 7.99. The number of aromatic nitrogens is 2. The molecule has 0 fully saturated rings. The van der Waals surface area contributed by atoms with Gasteiger partial charge in [-0.25, -0.2) is 4.98 Å². The first-order valence-electron chi connectivity index (χ1n) is 9.67. The molecule has 2 heterocycles. The van der Waals surface area contributed by atoms with Gasteiger partial charge in [-0.2, -0.15) is 0 Å². The van der Waals surface area contributed by atoms with Gasteiger partial charge in [0.25, 0.3) is 5.56 Å². The third-order valence-corrected chi connectivity index (χ3v) is 7.20. The second-order valence-electron chi connectivity index (χ2n) is 7.10.